The van der Waals surface area contributed by atoms with Crippen molar-refractivity contribution < 1.29 is 13.2 Å². The van der Waals surface area contributed by atoms with Gasteiger partial charge in [-0.25, -0.2) is 0 Å². The molecule has 1 aromatic carbocycles. The summed E-state index contributed by atoms with van der Waals surface area (Å²) in [6.07, 6.45) is -4.51. The molecule has 0 amide bonds. The molecule has 0 radical (unpaired) electrons. The highest BCUT2D eigenvalue weighted by Gasteiger charge is 2.34. The second kappa shape index (κ2) is 4.17. The lowest BCUT2D eigenvalue weighted by molar-refractivity contribution is -0.137. The maximum absolute atomic E-state index is 12.4. The van der Waals surface area contributed by atoms with Crippen molar-refractivity contribution in [2.45, 2.75) is 12.1 Å². The molecule has 1 aromatic rings. The average Bonchev–Trinajstić information content (AvgIpc) is 2.06. The fraction of sp³-hybridized carbons (Fsp3) is 0.250. The van der Waals surface area contributed by atoms with Gasteiger partial charge in [-0.1, -0.05) is 23.2 Å². The van der Waals surface area contributed by atoms with Crippen LogP contribution in [-0.2, 0) is 12.1 Å². The SMILES string of the molecule is FC(F)(F)c1cc(Cl)cc(CCl)c1Cl. The van der Waals surface area contributed by atoms with Crippen LogP contribution < -0.4 is 0 Å². The Hall–Kier alpha value is -0.120. The largest absolute Gasteiger partial charge is 0.417 e. The van der Waals surface area contributed by atoms with Gasteiger partial charge in [0.15, 0.2) is 0 Å². The van der Waals surface area contributed by atoms with Crippen LogP contribution >= 0.6 is 34.8 Å². The maximum Gasteiger partial charge on any atom is 0.417 e. The van der Waals surface area contributed by atoms with Crippen LogP contribution in [0.3, 0.4) is 0 Å². The van der Waals surface area contributed by atoms with Crippen molar-refractivity contribution >= 4 is 34.8 Å². The molecular weight excluding hydrogens is 259 g/mol. The number of hydrogen-bond donors (Lipinski definition) is 0. The molecule has 0 atom stereocenters. The van der Waals surface area contributed by atoms with E-state index in [0.29, 0.717) is 0 Å². The Balaban J connectivity index is 3.37. The van der Waals surface area contributed by atoms with Crippen molar-refractivity contribution in [3.63, 3.8) is 0 Å². The molecule has 0 aliphatic carbocycles. The molecular formula is C8H4Cl3F3. The number of rotatable bonds is 1. The minimum absolute atomic E-state index is 0.0302. The smallest absolute Gasteiger partial charge is 0.166 e. The van der Waals surface area contributed by atoms with Crippen LogP contribution in [0.4, 0.5) is 13.2 Å². The minimum Gasteiger partial charge on any atom is -0.166 e. The molecule has 0 N–H and O–H groups in total. The predicted molar refractivity (Wildman–Crippen MR) is 51.0 cm³/mol. The lowest BCUT2D eigenvalue weighted by Gasteiger charge is -2.11. The van der Waals surface area contributed by atoms with E-state index in [9.17, 15) is 13.2 Å². The molecule has 0 spiro atoms. The fourth-order valence-electron chi connectivity index (χ4n) is 0.949. The van der Waals surface area contributed by atoms with E-state index in [1.165, 1.54) is 6.07 Å². The lowest BCUT2D eigenvalue weighted by atomic mass is 10.1. The second-order valence-electron chi connectivity index (χ2n) is 2.56. The summed E-state index contributed by atoms with van der Waals surface area (Å²) in [5.74, 6) is -0.109. The van der Waals surface area contributed by atoms with Gasteiger partial charge in [0.05, 0.1) is 10.6 Å². The van der Waals surface area contributed by atoms with Gasteiger partial charge < -0.3 is 0 Å². The molecule has 0 bridgehead atoms. The lowest BCUT2D eigenvalue weighted by Crippen LogP contribution is -2.07. The fourth-order valence-corrected chi connectivity index (χ4v) is 1.75. The van der Waals surface area contributed by atoms with Crippen molar-refractivity contribution in [1.82, 2.24) is 0 Å². The predicted octanol–water partition coefficient (Wildman–Crippen LogP) is 4.75. The highest BCUT2D eigenvalue weighted by Crippen LogP contribution is 2.38. The summed E-state index contributed by atoms with van der Waals surface area (Å²) in [6.45, 7) is 0. The van der Waals surface area contributed by atoms with Crippen molar-refractivity contribution in [3.05, 3.63) is 33.3 Å². The van der Waals surface area contributed by atoms with Gasteiger partial charge in [0.2, 0.25) is 0 Å². The van der Waals surface area contributed by atoms with Crippen molar-refractivity contribution in [2.24, 2.45) is 0 Å². The standard InChI is InChI=1S/C8H4Cl3F3/c9-3-4-1-5(10)2-6(7(4)11)8(12,13)14/h1-2H,3H2. The zero-order valence-electron chi connectivity index (χ0n) is 6.63. The highest BCUT2D eigenvalue weighted by molar-refractivity contribution is 6.35. The van der Waals surface area contributed by atoms with Crippen LogP contribution in [0.15, 0.2) is 12.1 Å². The number of benzene rings is 1. The van der Waals surface area contributed by atoms with E-state index in [1.807, 2.05) is 0 Å². The number of hydrogen-bond acceptors (Lipinski definition) is 0. The molecule has 14 heavy (non-hydrogen) atoms. The Morgan fingerprint density at radius 1 is 1.14 bits per heavy atom. The molecule has 0 unspecified atom stereocenters. The Labute approximate surface area is 93.6 Å². The first-order chi connectivity index (χ1) is 6.36. The molecule has 1 rings (SSSR count). The van der Waals surface area contributed by atoms with Crippen LogP contribution in [0, 0.1) is 0 Å². The molecule has 0 heterocycles. The molecule has 78 valence electrons. The zero-order valence-corrected chi connectivity index (χ0v) is 8.90. The van der Waals surface area contributed by atoms with Gasteiger partial charge in [0, 0.05) is 10.9 Å². The Kier molecular flexibility index (Phi) is 3.56. The molecule has 0 saturated carbocycles. The maximum atomic E-state index is 12.4. The molecule has 0 aromatic heterocycles. The average molecular weight is 263 g/mol. The molecule has 6 heteroatoms. The van der Waals surface area contributed by atoms with Crippen molar-refractivity contribution in [3.8, 4) is 0 Å². The second-order valence-corrected chi connectivity index (χ2v) is 3.64. The van der Waals surface area contributed by atoms with Gasteiger partial charge >= 0.3 is 6.18 Å². The van der Waals surface area contributed by atoms with Gasteiger partial charge in [-0.3, -0.25) is 0 Å². The quantitative estimate of drug-likeness (QED) is 0.641. The molecule has 0 aliphatic heterocycles. The first kappa shape index (κ1) is 12.0. The monoisotopic (exact) mass is 262 g/mol. The first-order valence-electron chi connectivity index (χ1n) is 3.47. The Morgan fingerprint density at radius 3 is 2.14 bits per heavy atom. The van der Waals surface area contributed by atoms with Gasteiger partial charge in [0.25, 0.3) is 0 Å². The molecule has 0 aliphatic rings. The summed E-state index contributed by atoms with van der Waals surface area (Å²) in [6, 6.07) is 2.09. The van der Waals surface area contributed by atoms with E-state index < -0.39 is 16.8 Å². The third-order valence-corrected chi connectivity index (χ3v) is 2.51. The van der Waals surface area contributed by atoms with Gasteiger partial charge in [0.1, 0.15) is 0 Å². The first-order valence-corrected chi connectivity index (χ1v) is 4.76. The summed E-state index contributed by atoms with van der Waals surface area (Å²) in [7, 11) is 0. The summed E-state index contributed by atoms with van der Waals surface area (Å²) < 4.78 is 37.1. The van der Waals surface area contributed by atoms with E-state index in [0.717, 1.165) is 6.07 Å². The van der Waals surface area contributed by atoms with Crippen molar-refractivity contribution in [1.29, 1.82) is 0 Å². The van der Waals surface area contributed by atoms with E-state index in [-0.39, 0.29) is 16.5 Å². The van der Waals surface area contributed by atoms with Gasteiger partial charge in [-0.2, -0.15) is 13.2 Å². The Morgan fingerprint density at radius 2 is 1.71 bits per heavy atom. The molecule has 0 saturated heterocycles. The van der Waals surface area contributed by atoms with E-state index in [4.69, 9.17) is 34.8 Å². The third-order valence-electron chi connectivity index (χ3n) is 1.56. The zero-order chi connectivity index (χ0) is 10.9. The van der Waals surface area contributed by atoms with E-state index in [2.05, 4.69) is 0 Å². The van der Waals surface area contributed by atoms with Crippen LogP contribution in [0.1, 0.15) is 11.1 Å². The van der Waals surface area contributed by atoms with Crippen LogP contribution in [0.2, 0.25) is 10.0 Å². The number of alkyl halides is 4. The topological polar surface area (TPSA) is 0 Å². The van der Waals surface area contributed by atoms with Crippen LogP contribution in [-0.4, -0.2) is 0 Å². The van der Waals surface area contributed by atoms with Crippen LogP contribution in [0.5, 0.6) is 0 Å². The van der Waals surface area contributed by atoms with E-state index >= 15 is 0 Å². The summed E-state index contributed by atoms with van der Waals surface area (Å²) in [4.78, 5) is 0. The summed E-state index contributed by atoms with van der Waals surface area (Å²) in [5.41, 5.74) is -0.782. The van der Waals surface area contributed by atoms with Crippen molar-refractivity contribution in [2.75, 3.05) is 0 Å². The van der Waals surface area contributed by atoms with Gasteiger partial charge in [-0.05, 0) is 17.7 Å². The minimum atomic E-state index is -4.51. The van der Waals surface area contributed by atoms with Crippen LogP contribution in [0.25, 0.3) is 0 Å². The normalized spacial score (nSPS) is 11.9. The van der Waals surface area contributed by atoms with E-state index in [1.54, 1.807) is 0 Å². The summed E-state index contributed by atoms with van der Waals surface area (Å²) in [5, 5.41) is -0.422. The molecule has 0 nitrogen and oxygen atoms in total. The third kappa shape index (κ3) is 2.47. The summed E-state index contributed by atoms with van der Waals surface area (Å²) >= 11 is 16.4. The highest BCUT2D eigenvalue weighted by atomic mass is 35.5. The van der Waals surface area contributed by atoms with Gasteiger partial charge in [-0.15, -0.1) is 11.6 Å². The number of halogens is 6. The Bertz CT molecular complexity index is 346. The molecule has 0 fully saturated rings.